The maximum atomic E-state index is 11.8. The number of hydrogen-bond acceptors (Lipinski definition) is 6. The van der Waals surface area contributed by atoms with Gasteiger partial charge < -0.3 is 10.1 Å². The first kappa shape index (κ1) is 14.1. The van der Waals surface area contributed by atoms with E-state index in [1.165, 1.54) is 18.4 Å². The molecule has 1 N–H and O–H groups in total. The minimum absolute atomic E-state index is 0.348. The maximum absolute atomic E-state index is 11.8. The van der Waals surface area contributed by atoms with E-state index in [1.54, 1.807) is 0 Å². The fourth-order valence-corrected chi connectivity index (χ4v) is 2.76. The Labute approximate surface area is 121 Å². The van der Waals surface area contributed by atoms with Gasteiger partial charge in [0.05, 0.1) is 17.3 Å². The third kappa shape index (κ3) is 3.19. The van der Waals surface area contributed by atoms with Gasteiger partial charge in [-0.05, 0) is 26.0 Å². The minimum Gasteiger partial charge on any atom is -0.467 e. The molecule has 0 aliphatic heterocycles. The third-order valence-electron chi connectivity index (χ3n) is 2.71. The summed E-state index contributed by atoms with van der Waals surface area (Å²) in [4.78, 5) is 16.3. The average molecular weight is 296 g/mol. The lowest BCUT2D eigenvalue weighted by Crippen LogP contribution is -2.44. The Morgan fingerprint density at radius 1 is 1.47 bits per heavy atom. The number of nitrogens with one attached hydrogen (secondary N) is 1. The summed E-state index contributed by atoms with van der Waals surface area (Å²) in [6.07, 6.45) is 0. The lowest BCUT2D eigenvalue weighted by atomic mass is 10.0. The van der Waals surface area contributed by atoms with Gasteiger partial charge in [0.15, 0.2) is 5.13 Å². The molecule has 4 nitrogen and oxygen atoms in total. The predicted molar refractivity (Wildman–Crippen MR) is 82.1 cm³/mol. The second-order valence-corrected chi connectivity index (χ2v) is 6.92. The van der Waals surface area contributed by atoms with Crippen molar-refractivity contribution in [3.05, 3.63) is 24.3 Å². The van der Waals surface area contributed by atoms with Crippen LogP contribution < -0.4 is 5.32 Å². The normalized spacial score (nSPS) is 13.3. The van der Waals surface area contributed by atoms with Gasteiger partial charge in [-0.1, -0.05) is 23.5 Å². The monoisotopic (exact) mass is 296 g/mol. The number of thiazole rings is 1. The van der Waals surface area contributed by atoms with E-state index in [0.717, 1.165) is 10.2 Å². The molecule has 6 heteroatoms. The van der Waals surface area contributed by atoms with Crippen molar-refractivity contribution in [1.82, 2.24) is 4.98 Å². The van der Waals surface area contributed by atoms with Crippen LogP contribution in [0.1, 0.15) is 13.8 Å². The van der Waals surface area contributed by atoms with E-state index < -0.39 is 10.8 Å². The summed E-state index contributed by atoms with van der Waals surface area (Å²) in [6.45, 7) is 3.72. The molecule has 0 bridgehead atoms. The van der Waals surface area contributed by atoms with Gasteiger partial charge >= 0.3 is 5.97 Å². The quantitative estimate of drug-likeness (QED) is 0.673. The summed E-state index contributed by atoms with van der Waals surface area (Å²) in [6, 6.07) is 7.28. The second kappa shape index (κ2) is 5.38. The Kier molecular flexibility index (Phi) is 4.01. The maximum Gasteiger partial charge on any atom is 0.329 e. The number of fused-ring (bicyclic) bond motifs is 1. The highest BCUT2D eigenvalue weighted by atomic mass is 32.1. The molecule has 1 aromatic heterocycles. The molecule has 1 aromatic carbocycles. The van der Waals surface area contributed by atoms with Crippen molar-refractivity contribution < 1.29 is 9.53 Å². The van der Waals surface area contributed by atoms with Crippen LogP contribution >= 0.6 is 24.0 Å². The van der Waals surface area contributed by atoms with Crippen molar-refractivity contribution in [1.29, 1.82) is 0 Å². The summed E-state index contributed by atoms with van der Waals surface area (Å²) in [5, 5.41) is 3.81. The zero-order valence-corrected chi connectivity index (χ0v) is 12.7. The molecular weight excluding hydrogens is 280 g/mol. The van der Waals surface area contributed by atoms with Gasteiger partial charge in [0.1, 0.15) is 6.04 Å². The highest BCUT2D eigenvalue weighted by Gasteiger charge is 2.33. The number of ether oxygens (including phenoxy) is 1. The molecule has 2 aromatic rings. The van der Waals surface area contributed by atoms with Crippen molar-refractivity contribution in [3.63, 3.8) is 0 Å². The Morgan fingerprint density at radius 2 is 2.16 bits per heavy atom. The number of nitrogens with zero attached hydrogens (tertiary/aromatic N) is 1. The number of benzene rings is 1. The van der Waals surface area contributed by atoms with E-state index in [2.05, 4.69) is 22.9 Å². The summed E-state index contributed by atoms with van der Waals surface area (Å²) in [5.74, 6) is -0.348. The molecule has 0 amide bonds. The van der Waals surface area contributed by atoms with Crippen LogP contribution in [0.5, 0.6) is 0 Å². The fraction of sp³-hybridized carbons (Fsp3) is 0.385. The molecule has 19 heavy (non-hydrogen) atoms. The molecule has 0 aliphatic rings. The molecule has 102 valence electrons. The van der Waals surface area contributed by atoms with Crippen molar-refractivity contribution in [2.24, 2.45) is 0 Å². The van der Waals surface area contributed by atoms with Gasteiger partial charge in [0.2, 0.25) is 0 Å². The topological polar surface area (TPSA) is 51.2 Å². The Bertz CT molecular complexity index is 557. The molecule has 0 spiro atoms. The number of anilines is 1. The molecule has 0 aliphatic carbocycles. The van der Waals surface area contributed by atoms with Crippen molar-refractivity contribution in [2.45, 2.75) is 24.6 Å². The Morgan fingerprint density at radius 3 is 2.74 bits per heavy atom. The first-order valence-electron chi connectivity index (χ1n) is 5.84. The Balaban J connectivity index is 2.28. The van der Waals surface area contributed by atoms with E-state index in [-0.39, 0.29) is 5.97 Å². The molecule has 1 heterocycles. The zero-order valence-electron chi connectivity index (χ0n) is 11.0. The van der Waals surface area contributed by atoms with Gasteiger partial charge in [0, 0.05) is 4.75 Å². The van der Waals surface area contributed by atoms with E-state index in [9.17, 15) is 4.79 Å². The van der Waals surface area contributed by atoms with Gasteiger partial charge in [-0.15, -0.1) is 0 Å². The third-order valence-corrected chi connectivity index (χ3v) is 3.93. The molecule has 2 rings (SSSR count). The van der Waals surface area contributed by atoms with Crippen LogP contribution in [0, 0.1) is 0 Å². The average Bonchev–Trinajstić information content (AvgIpc) is 2.76. The van der Waals surface area contributed by atoms with Crippen LogP contribution in [0.15, 0.2) is 24.3 Å². The van der Waals surface area contributed by atoms with Crippen LogP contribution in [-0.2, 0) is 9.53 Å². The first-order valence-corrected chi connectivity index (χ1v) is 7.10. The lowest BCUT2D eigenvalue weighted by molar-refractivity contribution is -0.142. The number of hydrogen-bond donors (Lipinski definition) is 2. The molecule has 0 fully saturated rings. The molecule has 1 atom stereocenters. The van der Waals surface area contributed by atoms with Crippen molar-refractivity contribution in [3.8, 4) is 0 Å². The van der Waals surface area contributed by atoms with Gasteiger partial charge in [-0.25, -0.2) is 9.78 Å². The van der Waals surface area contributed by atoms with Crippen LogP contribution in [0.2, 0.25) is 0 Å². The first-order chi connectivity index (χ1) is 8.91. The Hall–Kier alpha value is -1.27. The van der Waals surface area contributed by atoms with Gasteiger partial charge in [-0.2, -0.15) is 12.6 Å². The van der Waals surface area contributed by atoms with E-state index in [4.69, 9.17) is 4.74 Å². The smallest absolute Gasteiger partial charge is 0.329 e. The van der Waals surface area contributed by atoms with Crippen molar-refractivity contribution >= 4 is 45.3 Å². The van der Waals surface area contributed by atoms with Crippen LogP contribution in [0.25, 0.3) is 10.2 Å². The largest absolute Gasteiger partial charge is 0.467 e. The SMILES string of the molecule is COC(=O)[C@H](Nc1nc2ccccc2s1)C(C)(C)S. The minimum atomic E-state index is -0.554. The number of thiol groups is 1. The highest BCUT2D eigenvalue weighted by molar-refractivity contribution is 7.81. The van der Waals surface area contributed by atoms with E-state index in [0.29, 0.717) is 5.13 Å². The molecule has 0 saturated heterocycles. The lowest BCUT2D eigenvalue weighted by Gasteiger charge is -2.27. The van der Waals surface area contributed by atoms with E-state index >= 15 is 0 Å². The van der Waals surface area contributed by atoms with Crippen LogP contribution in [-0.4, -0.2) is 28.9 Å². The summed E-state index contributed by atoms with van der Waals surface area (Å²) in [7, 11) is 1.37. The van der Waals surface area contributed by atoms with Crippen LogP contribution in [0.4, 0.5) is 5.13 Å². The number of rotatable bonds is 4. The zero-order chi connectivity index (χ0) is 14.0. The standard InChI is InChI=1S/C13H16N2O2S2/c1-13(2,18)10(11(16)17-3)15-12-14-8-6-4-5-7-9(8)19-12/h4-7,10,18H,1-3H3,(H,14,15)/t10-/m0/s1. The summed E-state index contributed by atoms with van der Waals surface area (Å²) < 4.78 is 5.34. The summed E-state index contributed by atoms with van der Waals surface area (Å²) >= 11 is 5.96. The predicted octanol–water partition coefficient (Wildman–Crippen LogP) is 2.96. The molecular formula is C13H16N2O2S2. The number of carbonyl (C=O) groups is 1. The van der Waals surface area contributed by atoms with Gasteiger partial charge in [0.25, 0.3) is 0 Å². The number of methoxy groups -OCH3 is 1. The number of carbonyl (C=O) groups excluding carboxylic acids is 1. The molecule has 0 radical (unpaired) electrons. The van der Waals surface area contributed by atoms with Gasteiger partial charge in [-0.3, -0.25) is 0 Å². The van der Waals surface area contributed by atoms with Crippen LogP contribution in [0.3, 0.4) is 0 Å². The van der Waals surface area contributed by atoms with E-state index in [1.807, 2.05) is 38.1 Å². The fourth-order valence-electron chi connectivity index (χ4n) is 1.70. The van der Waals surface area contributed by atoms with Crippen molar-refractivity contribution in [2.75, 3.05) is 12.4 Å². The number of aromatic nitrogens is 1. The second-order valence-electron chi connectivity index (χ2n) is 4.74. The molecule has 0 saturated carbocycles. The number of esters is 1. The molecule has 0 unspecified atom stereocenters. The highest BCUT2D eigenvalue weighted by Crippen LogP contribution is 2.29. The number of para-hydroxylation sites is 1. The summed E-state index contributed by atoms with van der Waals surface area (Å²) in [5.41, 5.74) is 0.913.